The van der Waals surface area contributed by atoms with Gasteiger partial charge in [-0.2, -0.15) is 0 Å². The van der Waals surface area contributed by atoms with Crippen LogP contribution in [-0.2, 0) is 11.8 Å². The fourth-order valence-electron chi connectivity index (χ4n) is 2.77. The van der Waals surface area contributed by atoms with Crippen LogP contribution in [0.5, 0.6) is 0 Å². The van der Waals surface area contributed by atoms with Gasteiger partial charge in [0, 0.05) is 19.5 Å². The van der Waals surface area contributed by atoms with Crippen molar-refractivity contribution < 1.29 is 4.79 Å². The molecular weight excluding hydrogens is 334 g/mol. The lowest BCUT2D eigenvalue weighted by molar-refractivity contribution is -0.114. The maximum Gasteiger partial charge on any atom is 0.222 e. The van der Waals surface area contributed by atoms with Gasteiger partial charge >= 0.3 is 0 Å². The minimum absolute atomic E-state index is 0.154. The van der Waals surface area contributed by atoms with E-state index in [1.165, 1.54) is 13.3 Å². The van der Waals surface area contributed by atoms with E-state index in [9.17, 15) is 4.79 Å². The Bertz CT molecular complexity index is 1070. The summed E-state index contributed by atoms with van der Waals surface area (Å²) in [4.78, 5) is 26.4. The highest BCUT2D eigenvalue weighted by molar-refractivity contribution is 7.22. The first kappa shape index (κ1) is 15.5. The average molecular weight is 349 g/mol. The molecule has 0 unspecified atom stereocenters. The zero-order valence-electron chi connectivity index (χ0n) is 13.7. The van der Waals surface area contributed by atoms with Crippen molar-refractivity contribution in [2.24, 2.45) is 7.05 Å². The largest absolute Gasteiger partial charge is 0.333 e. The third-order valence-corrected chi connectivity index (χ3v) is 4.89. The van der Waals surface area contributed by atoms with Crippen molar-refractivity contribution in [3.8, 4) is 21.8 Å². The van der Waals surface area contributed by atoms with Gasteiger partial charge in [0.1, 0.15) is 17.0 Å². The highest BCUT2D eigenvalue weighted by Crippen LogP contribution is 2.38. The molecule has 0 aliphatic carbocycles. The van der Waals surface area contributed by atoms with Crippen molar-refractivity contribution >= 4 is 33.3 Å². The Morgan fingerprint density at radius 3 is 2.72 bits per heavy atom. The summed E-state index contributed by atoms with van der Waals surface area (Å²) >= 11 is 1.56. The van der Waals surface area contributed by atoms with E-state index in [-0.39, 0.29) is 5.91 Å². The van der Waals surface area contributed by atoms with Crippen LogP contribution >= 0.6 is 11.3 Å². The molecule has 3 aromatic heterocycles. The van der Waals surface area contributed by atoms with E-state index in [2.05, 4.69) is 20.3 Å². The Labute approximate surface area is 148 Å². The number of hydrogen-bond acceptors (Lipinski definition) is 5. The lowest BCUT2D eigenvalue weighted by atomic mass is 10.1. The number of carbonyl (C=O) groups is 1. The number of anilines is 1. The molecule has 4 rings (SSSR count). The first-order valence-corrected chi connectivity index (χ1v) is 8.54. The van der Waals surface area contributed by atoms with Crippen molar-refractivity contribution in [3.63, 3.8) is 0 Å². The van der Waals surface area contributed by atoms with Gasteiger partial charge in [-0.25, -0.2) is 15.0 Å². The number of rotatable bonds is 3. The second-order valence-corrected chi connectivity index (χ2v) is 6.68. The fourth-order valence-corrected chi connectivity index (χ4v) is 3.85. The van der Waals surface area contributed by atoms with E-state index >= 15 is 0 Å². The minimum Gasteiger partial charge on any atom is -0.333 e. The topological polar surface area (TPSA) is 72.7 Å². The van der Waals surface area contributed by atoms with E-state index < -0.39 is 0 Å². The molecule has 0 spiro atoms. The van der Waals surface area contributed by atoms with E-state index in [0.717, 1.165) is 32.0 Å². The van der Waals surface area contributed by atoms with Gasteiger partial charge in [0.15, 0.2) is 0 Å². The van der Waals surface area contributed by atoms with E-state index in [1.807, 2.05) is 54.3 Å². The molecule has 0 bridgehead atoms. The summed E-state index contributed by atoms with van der Waals surface area (Å²) in [5, 5.41) is 3.59. The Morgan fingerprint density at radius 2 is 1.96 bits per heavy atom. The van der Waals surface area contributed by atoms with Crippen LogP contribution in [-0.4, -0.2) is 25.4 Å². The number of fused-ring (bicyclic) bond motifs is 1. The minimum atomic E-state index is -0.154. The number of imidazole rings is 1. The monoisotopic (exact) mass is 349 g/mol. The lowest BCUT2D eigenvalue weighted by Gasteiger charge is -2.03. The molecule has 0 aliphatic heterocycles. The normalized spacial score (nSPS) is 11.0. The molecule has 1 aromatic carbocycles. The summed E-state index contributed by atoms with van der Waals surface area (Å²) in [6.07, 6.45) is 3.28. The first-order chi connectivity index (χ1) is 12.1. The molecule has 0 saturated carbocycles. The summed E-state index contributed by atoms with van der Waals surface area (Å²) in [5.74, 6) is 0.377. The SMILES string of the molecule is CC(=O)Nc1ncnc2sc(-c3c(-c4ccccc4)ncn3C)cc12. The Balaban J connectivity index is 1.89. The predicted octanol–water partition coefficient (Wildman–Crippen LogP) is 3.72. The van der Waals surface area contributed by atoms with Crippen molar-refractivity contribution in [2.75, 3.05) is 5.32 Å². The van der Waals surface area contributed by atoms with Crippen LogP contribution in [0.2, 0.25) is 0 Å². The van der Waals surface area contributed by atoms with Gasteiger partial charge in [-0.1, -0.05) is 30.3 Å². The Morgan fingerprint density at radius 1 is 1.16 bits per heavy atom. The second kappa shape index (κ2) is 6.10. The number of benzene rings is 1. The summed E-state index contributed by atoms with van der Waals surface area (Å²) in [6.45, 7) is 1.47. The molecule has 1 amide bonds. The zero-order valence-corrected chi connectivity index (χ0v) is 14.5. The molecule has 0 fully saturated rings. The van der Waals surface area contributed by atoms with Crippen LogP contribution < -0.4 is 5.32 Å². The Kier molecular flexibility index (Phi) is 3.77. The molecule has 4 aromatic rings. The van der Waals surface area contributed by atoms with Crippen LogP contribution in [0.3, 0.4) is 0 Å². The van der Waals surface area contributed by atoms with Crippen LogP contribution in [0.1, 0.15) is 6.92 Å². The highest BCUT2D eigenvalue weighted by Gasteiger charge is 2.17. The molecule has 0 aliphatic rings. The number of hydrogen-bond donors (Lipinski definition) is 1. The number of aromatic nitrogens is 4. The van der Waals surface area contributed by atoms with Crippen LogP contribution in [0.15, 0.2) is 49.1 Å². The molecule has 7 heteroatoms. The highest BCUT2D eigenvalue weighted by atomic mass is 32.1. The molecule has 0 radical (unpaired) electrons. The number of amides is 1. The maximum absolute atomic E-state index is 11.4. The first-order valence-electron chi connectivity index (χ1n) is 7.72. The summed E-state index contributed by atoms with van der Waals surface area (Å²) < 4.78 is 2.00. The molecule has 1 N–H and O–H groups in total. The number of nitrogens with one attached hydrogen (secondary N) is 1. The van der Waals surface area contributed by atoms with Crippen molar-refractivity contribution in [2.45, 2.75) is 6.92 Å². The van der Waals surface area contributed by atoms with E-state index in [0.29, 0.717) is 5.82 Å². The van der Waals surface area contributed by atoms with Crippen LogP contribution in [0.25, 0.3) is 32.0 Å². The summed E-state index contributed by atoms with van der Waals surface area (Å²) in [5.41, 5.74) is 3.00. The summed E-state index contributed by atoms with van der Waals surface area (Å²) in [7, 11) is 1.97. The Hall–Kier alpha value is -3.06. The van der Waals surface area contributed by atoms with Crippen molar-refractivity contribution in [3.05, 3.63) is 49.1 Å². The standard InChI is InChI=1S/C18H15N5OS/c1-11(24)22-17-13-8-14(25-18(13)20-9-19-17)16-15(21-10-23(16)2)12-6-4-3-5-7-12/h3-10H,1-2H3,(H,19,20,22,24). The predicted molar refractivity (Wildman–Crippen MR) is 99.4 cm³/mol. The van der Waals surface area contributed by atoms with Crippen LogP contribution in [0.4, 0.5) is 5.82 Å². The van der Waals surface area contributed by atoms with Gasteiger partial charge in [-0.05, 0) is 6.07 Å². The average Bonchev–Trinajstić information content (AvgIpc) is 3.19. The third kappa shape index (κ3) is 2.78. The van der Waals surface area contributed by atoms with Gasteiger partial charge in [0.2, 0.25) is 5.91 Å². The van der Waals surface area contributed by atoms with Gasteiger partial charge in [0.25, 0.3) is 0 Å². The van der Waals surface area contributed by atoms with Crippen molar-refractivity contribution in [1.29, 1.82) is 0 Å². The quantitative estimate of drug-likeness (QED) is 0.612. The molecule has 25 heavy (non-hydrogen) atoms. The van der Waals surface area contributed by atoms with Crippen LogP contribution in [0, 0.1) is 0 Å². The van der Waals surface area contributed by atoms with Gasteiger partial charge in [-0.15, -0.1) is 11.3 Å². The number of aryl methyl sites for hydroxylation is 1. The zero-order chi connectivity index (χ0) is 17.4. The lowest BCUT2D eigenvalue weighted by Crippen LogP contribution is -2.07. The number of thiophene rings is 1. The molecule has 0 saturated heterocycles. The second-order valence-electron chi connectivity index (χ2n) is 5.65. The maximum atomic E-state index is 11.4. The molecule has 6 nitrogen and oxygen atoms in total. The van der Waals surface area contributed by atoms with E-state index in [4.69, 9.17) is 0 Å². The van der Waals surface area contributed by atoms with Gasteiger partial charge in [-0.3, -0.25) is 4.79 Å². The number of carbonyl (C=O) groups excluding carboxylic acids is 1. The van der Waals surface area contributed by atoms with Gasteiger partial charge in [0.05, 0.1) is 28.0 Å². The van der Waals surface area contributed by atoms with Crippen molar-refractivity contribution in [1.82, 2.24) is 19.5 Å². The number of nitrogens with zero attached hydrogens (tertiary/aromatic N) is 4. The molecule has 3 heterocycles. The smallest absolute Gasteiger partial charge is 0.222 e. The van der Waals surface area contributed by atoms with E-state index in [1.54, 1.807) is 11.3 Å². The van der Waals surface area contributed by atoms with Gasteiger partial charge < -0.3 is 9.88 Å². The molecular formula is C18H15N5OS. The molecule has 124 valence electrons. The summed E-state index contributed by atoms with van der Waals surface area (Å²) in [6, 6.07) is 12.1. The third-order valence-electron chi connectivity index (χ3n) is 3.84. The fraction of sp³-hybridized carbons (Fsp3) is 0.111. The molecule has 0 atom stereocenters.